The van der Waals surface area contributed by atoms with Gasteiger partial charge in [-0.2, -0.15) is 12.6 Å². The Hall–Kier alpha value is -1.56. The summed E-state index contributed by atoms with van der Waals surface area (Å²) in [5.41, 5.74) is -0.948. The number of hydrogen-bond donors (Lipinski definition) is 4. The van der Waals surface area contributed by atoms with E-state index in [1.807, 2.05) is 0 Å². The molecule has 0 bridgehead atoms. The van der Waals surface area contributed by atoms with Crippen molar-refractivity contribution in [3.8, 4) is 11.5 Å². The van der Waals surface area contributed by atoms with Crippen molar-refractivity contribution < 1.29 is 19.4 Å². The third kappa shape index (κ3) is 2.16. The van der Waals surface area contributed by atoms with E-state index in [1.54, 1.807) is 0 Å². The topological polar surface area (TPSA) is 81.4 Å². The van der Waals surface area contributed by atoms with E-state index >= 15 is 0 Å². The van der Waals surface area contributed by atoms with E-state index in [0.29, 0.717) is 0 Å². The molecule has 0 radical (unpaired) electrons. The van der Waals surface area contributed by atoms with Gasteiger partial charge >= 0.3 is 0 Å². The quantitative estimate of drug-likeness (QED) is 0.369. The number of ketones is 1. The second-order valence-electron chi connectivity index (χ2n) is 3.21. The van der Waals surface area contributed by atoms with Gasteiger partial charge in [-0.05, 0) is 19.1 Å². The second kappa shape index (κ2) is 4.52. The van der Waals surface area contributed by atoms with Crippen LogP contribution in [-0.2, 0) is 4.79 Å². The highest BCUT2D eigenvalue weighted by atomic mass is 32.1. The van der Waals surface area contributed by atoms with E-state index in [9.17, 15) is 9.18 Å². The van der Waals surface area contributed by atoms with E-state index < -0.39 is 34.1 Å². The zero-order valence-corrected chi connectivity index (χ0v) is 9.25. The number of benzene rings is 1. The van der Waals surface area contributed by atoms with Crippen LogP contribution in [0.3, 0.4) is 0 Å². The van der Waals surface area contributed by atoms with Crippen LogP contribution in [0.15, 0.2) is 12.1 Å². The van der Waals surface area contributed by atoms with Gasteiger partial charge in [0.15, 0.2) is 23.1 Å². The van der Waals surface area contributed by atoms with Crippen molar-refractivity contribution in [2.75, 3.05) is 0 Å². The Morgan fingerprint density at radius 2 is 2.06 bits per heavy atom. The highest BCUT2D eigenvalue weighted by Gasteiger charge is 2.22. The minimum Gasteiger partial charge on any atom is -0.504 e. The van der Waals surface area contributed by atoms with Crippen LogP contribution in [0.1, 0.15) is 12.5 Å². The van der Waals surface area contributed by atoms with Crippen LogP contribution in [-0.4, -0.2) is 27.0 Å². The molecule has 1 unspecified atom stereocenters. The Balaban J connectivity index is 3.21. The largest absolute Gasteiger partial charge is 0.504 e. The highest BCUT2D eigenvalue weighted by molar-refractivity contribution is 7.82. The highest BCUT2D eigenvalue weighted by Crippen LogP contribution is 2.30. The van der Waals surface area contributed by atoms with Crippen molar-refractivity contribution in [3.63, 3.8) is 0 Å². The average molecular weight is 243 g/mol. The molecule has 1 aromatic rings. The second-order valence-corrected chi connectivity index (χ2v) is 3.98. The molecule has 0 saturated carbocycles. The predicted octanol–water partition coefficient (Wildman–Crippen LogP) is 1.49. The van der Waals surface area contributed by atoms with Crippen molar-refractivity contribution in [3.05, 3.63) is 23.5 Å². The van der Waals surface area contributed by atoms with E-state index in [1.165, 1.54) is 6.92 Å². The fourth-order valence-corrected chi connectivity index (χ4v) is 1.22. The van der Waals surface area contributed by atoms with Crippen LogP contribution in [0.25, 0.3) is 0 Å². The number of aromatic hydroxyl groups is 2. The maximum atomic E-state index is 13.4. The summed E-state index contributed by atoms with van der Waals surface area (Å²) in [7, 11) is 0. The van der Waals surface area contributed by atoms with Gasteiger partial charge in [0.25, 0.3) is 0 Å². The van der Waals surface area contributed by atoms with E-state index in [-0.39, 0.29) is 5.56 Å². The SMILES string of the molecule is CC(S)C(=O)C(=N)c1ccc(O)c(O)c1F. The third-order valence-corrected chi connectivity index (χ3v) is 2.22. The molecular formula is C10H10FNO3S. The maximum absolute atomic E-state index is 13.4. The number of carbonyl (C=O) groups excluding carboxylic acids is 1. The van der Waals surface area contributed by atoms with E-state index in [0.717, 1.165) is 12.1 Å². The van der Waals surface area contributed by atoms with Crippen molar-refractivity contribution in [2.24, 2.45) is 0 Å². The van der Waals surface area contributed by atoms with Gasteiger partial charge in [0.1, 0.15) is 5.71 Å². The van der Waals surface area contributed by atoms with Crippen LogP contribution >= 0.6 is 12.6 Å². The molecule has 86 valence electrons. The Bertz CT molecular complexity index is 460. The van der Waals surface area contributed by atoms with Crippen LogP contribution < -0.4 is 0 Å². The monoisotopic (exact) mass is 243 g/mol. The molecule has 0 aliphatic heterocycles. The first-order valence-electron chi connectivity index (χ1n) is 4.38. The summed E-state index contributed by atoms with van der Waals surface area (Å²) in [6.07, 6.45) is 0. The van der Waals surface area contributed by atoms with Crippen LogP contribution in [0, 0.1) is 11.2 Å². The Kier molecular flexibility index (Phi) is 3.54. The van der Waals surface area contributed by atoms with Crippen LogP contribution in [0.2, 0.25) is 0 Å². The number of rotatable bonds is 3. The van der Waals surface area contributed by atoms with Gasteiger partial charge in [-0.15, -0.1) is 0 Å². The number of phenols is 2. The van der Waals surface area contributed by atoms with E-state index in [4.69, 9.17) is 15.6 Å². The summed E-state index contributed by atoms with van der Waals surface area (Å²) in [6, 6.07) is 2.07. The van der Waals surface area contributed by atoms with Crippen molar-refractivity contribution in [1.29, 1.82) is 5.41 Å². The van der Waals surface area contributed by atoms with Gasteiger partial charge in [0.05, 0.1) is 5.25 Å². The Morgan fingerprint density at radius 3 is 2.56 bits per heavy atom. The summed E-state index contributed by atoms with van der Waals surface area (Å²) in [5, 5.41) is 24.8. The van der Waals surface area contributed by atoms with Gasteiger partial charge in [-0.3, -0.25) is 10.2 Å². The van der Waals surface area contributed by atoms with Crippen LogP contribution in [0.5, 0.6) is 11.5 Å². The first-order valence-corrected chi connectivity index (χ1v) is 4.89. The van der Waals surface area contributed by atoms with Gasteiger partial charge in [0, 0.05) is 5.56 Å². The minimum atomic E-state index is -1.19. The summed E-state index contributed by atoms with van der Waals surface area (Å²) >= 11 is 3.84. The first-order chi connectivity index (χ1) is 7.36. The van der Waals surface area contributed by atoms with Gasteiger partial charge in [-0.1, -0.05) is 0 Å². The lowest BCUT2D eigenvalue weighted by molar-refractivity contribution is -0.112. The number of halogens is 1. The number of thiol groups is 1. The molecule has 0 aromatic heterocycles. The molecule has 4 nitrogen and oxygen atoms in total. The predicted molar refractivity (Wildman–Crippen MR) is 60.0 cm³/mol. The zero-order chi connectivity index (χ0) is 12.5. The first kappa shape index (κ1) is 12.5. The average Bonchev–Trinajstić information content (AvgIpc) is 2.24. The fraction of sp³-hybridized carbons (Fsp3) is 0.200. The number of Topliss-reactive ketones (excluding diaryl/α,β-unsaturated/α-hetero) is 1. The van der Waals surface area contributed by atoms with Gasteiger partial charge in [-0.25, -0.2) is 4.39 Å². The number of hydrogen-bond acceptors (Lipinski definition) is 5. The summed E-state index contributed by atoms with van der Waals surface area (Å²) in [6.45, 7) is 1.46. The number of carbonyl (C=O) groups is 1. The molecule has 6 heteroatoms. The molecule has 0 saturated heterocycles. The molecule has 0 fully saturated rings. The molecule has 1 rings (SSSR count). The van der Waals surface area contributed by atoms with Crippen LogP contribution in [0.4, 0.5) is 4.39 Å². The standard InChI is InChI=1S/C10H10FNO3S/c1-4(16)9(14)8(12)5-2-3-6(13)10(15)7(5)11/h2-4,12-13,15-16H,1H3. The fourth-order valence-electron chi connectivity index (χ4n) is 1.09. The molecular weight excluding hydrogens is 233 g/mol. The molecule has 0 heterocycles. The maximum Gasteiger partial charge on any atom is 0.194 e. The molecule has 0 spiro atoms. The summed E-state index contributed by atoms with van der Waals surface area (Å²) < 4.78 is 13.4. The lowest BCUT2D eigenvalue weighted by Crippen LogP contribution is -2.23. The molecule has 0 amide bonds. The summed E-state index contributed by atoms with van der Waals surface area (Å²) in [5.74, 6) is -3.46. The molecule has 3 N–H and O–H groups in total. The van der Waals surface area contributed by atoms with Crippen molar-refractivity contribution in [1.82, 2.24) is 0 Å². The molecule has 16 heavy (non-hydrogen) atoms. The summed E-state index contributed by atoms with van der Waals surface area (Å²) in [4.78, 5) is 11.4. The van der Waals surface area contributed by atoms with Crippen molar-refractivity contribution >= 4 is 24.1 Å². The normalized spacial score (nSPS) is 12.2. The smallest absolute Gasteiger partial charge is 0.194 e. The zero-order valence-electron chi connectivity index (χ0n) is 8.36. The minimum absolute atomic E-state index is 0.360. The number of phenolic OH excluding ortho intramolecular Hbond substituents is 2. The van der Waals surface area contributed by atoms with Gasteiger partial charge in [0.2, 0.25) is 0 Å². The molecule has 0 aliphatic rings. The molecule has 1 aromatic carbocycles. The Labute approximate surface area is 96.6 Å². The number of nitrogens with one attached hydrogen (secondary N) is 1. The van der Waals surface area contributed by atoms with E-state index in [2.05, 4.69) is 12.6 Å². The third-order valence-electron chi connectivity index (χ3n) is 1.99. The molecule has 0 aliphatic carbocycles. The lowest BCUT2D eigenvalue weighted by Gasteiger charge is -2.08. The van der Waals surface area contributed by atoms with Gasteiger partial charge < -0.3 is 10.2 Å². The molecule has 1 atom stereocenters. The lowest BCUT2D eigenvalue weighted by atomic mass is 10.0. The Morgan fingerprint density at radius 1 is 1.50 bits per heavy atom. The van der Waals surface area contributed by atoms with Crippen molar-refractivity contribution in [2.45, 2.75) is 12.2 Å².